The molecule has 1 amide bonds. The molecule has 0 aliphatic rings. The highest BCUT2D eigenvalue weighted by atomic mass is 32.2. The molecule has 8 nitrogen and oxygen atoms in total. The number of carbonyl (C=O) groups is 1. The van der Waals surface area contributed by atoms with Gasteiger partial charge in [-0.15, -0.1) is 10.2 Å². The zero-order valence-corrected chi connectivity index (χ0v) is 14.5. The Hall–Kier alpha value is -2.26. The third kappa shape index (κ3) is 4.87. The summed E-state index contributed by atoms with van der Waals surface area (Å²) in [6, 6.07) is 5.30. The van der Waals surface area contributed by atoms with Gasteiger partial charge in [-0.25, -0.2) is 0 Å². The molecule has 0 fully saturated rings. The molecule has 0 atom stereocenters. The molecule has 130 valence electrons. The highest BCUT2D eigenvalue weighted by molar-refractivity contribution is 7.99. The van der Waals surface area contributed by atoms with Crippen LogP contribution < -0.4 is 14.8 Å². The normalized spacial score (nSPS) is 10.5. The monoisotopic (exact) mass is 353 g/mol. The van der Waals surface area contributed by atoms with Gasteiger partial charge in [0.15, 0.2) is 11.5 Å². The number of amides is 1. The second-order valence-electron chi connectivity index (χ2n) is 4.57. The van der Waals surface area contributed by atoms with Crippen molar-refractivity contribution in [2.75, 3.05) is 40.2 Å². The highest BCUT2D eigenvalue weighted by Gasteiger charge is 2.13. The molecule has 0 saturated carbocycles. The number of hydrogen-bond donors (Lipinski definition) is 1. The van der Waals surface area contributed by atoms with E-state index in [0.717, 1.165) is 0 Å². The first kappa shape index (κ1) is 18.1. The van der Waals surface area contributed by atoms with Crippen LogP contribution in [-0.2, 0) is 9.53 Å². The number of benzene rings is 1. The van der Waals surface area contributed by atoms with Gasteiger partial charge in [-0.2, -0.15) is 0 Å². The van der Waals surface area contributed by atoms with Crippen molar-refractivity contribution < 1.29 is 23.4 Å². The lowest BCUT2D eigenvalue weighted by Gasteiger charge is -2.07. The lowest BCUT2D eigenvalue weighted by molar-refractivity contribution is -0.118. The molecule has 9 heteroatoms. The maximum atomic E-state index is 11.6. The van der Waals surface area contributed by atoms with Gasteiger partial charge in [-0.05, 0) is 18.2 Å². The Morgan fingerprint density at radius 3 is 2.71 bits per heavy atom. The maximum Gasteiger partial charge on any atom is 0.277 e. The Bertz CT molecular complexity index is 677. The van der Waals surface area contributed by atoms with E-state index in [4.69, 9.17) is 18.6 Å². The largest absolute Gasteiger partial charge is 0.493 e. The average molecular weight is 353 g/mol. The lowest BCUT2D eigenvalue weighted by Crippen LogP contribution is -2.28. The molecule has 0 radical (unpaired) electrons. The van der Waals surface area contributed by atoms with Crippen LogP contribution in [0.25, 0.3) is 11.5 Å². The van der Waals surface area contributed by atoms with Gasteiger partial charge in [-0.1, -0.05) is 11.8 Å². The summed E-state index contributed by atoms with van der Waals surface area (Å²) in [6.07, 6.45) is 0. The van der Waals surface area contributed by atoms with Crippen LogP contribution in [0.2, 0.25) is 0 Å². The Balaban J connectivity index is 1.96. The van der Waals surface area contributed by atoms with Crippen LogP contribution >= 0.6 is 11.8 Å². The number of thioether (sulfide) groups is 1. The third-order valence-corrected chi connectivity index (χ3v) is 3.81. The quantitative estimate of drug-likeness (QED) is 0.536. The van der Waals surface area contributed by atoms with Gasteiger partial charge in [-0.3, -0.25) is 4.79 Å². The minimum absolute atomic E-state index is 0.122. The Labute approximate surface area is 143 Å². The summed E-state index contributed by atoms with van der Waals surface area (Å²) in [6.45, 7) is 0.942. The highest BCUT2D eigenvalue weighted by Crippen LogP contribution is 2.32. The fourth-order valence-electron chi connectivity index (χ4n) is 1.82. The van der Waals surface area contributed by atoms with Crippen LogP contribution in [0.4, 0.5) is 0 Å². The summed E-state index contributed by atoms with van der Waals surface area (Å²) < 4.78 is 20.9. The number of rotatable bonds is 9. The smallest absolute Gasteiger partial charge is 0.277 e. The Morgan fingerprint density at radius 2 is 2.00 bits per heavy atom. The van der Waals surface area contributed by atoms with Crippen molar-refractivity contribution in [1.29, 1.82) is 0 Å². The minimum Gasteiger partial charge on any atom is -0.493 e. The van der Waals surface area contributed by atoms with Crippen molar-refractivity contribution >= 4 is 17.7 Å². The van der Waals surface area contributed by atoms with E-state index in [1.807, 2.05) is 0 Å². The number of ether oxygens (including phenoxy) is 3. The molecule has 0 aliphatic heterocycles. The number of carbonyl (C=O) groups excluding carboxylic acids is 1. The number of methoxy groups -OCH3 is 3. The Morgan fingerprint density at radius 1 is 1.21 bits per heavy atom. The van der Waals surface area contributed by atoms with E-state index in [1.54, 1.807) is 39.5 Å². The first-order chi connectivity index (χ1) is 11.7. The van der Waals surface area contributed by atoms with Gasteiger partial charge >= 0.3 is 0 Å². The van der Waals surface area contributed by atoms with Crippen LogP contribution in [0, 0.1) is 0 Å². The van der Waals surface area contributed by atoms with E-state index in [-0.39, 0.29) is 11.7 Å². The maximum absolute atomic E-state index is 11.6. The molecular formula is C15H19N3O5S. The molecule has 1 aromatic carbocycles. The van der Waals surface area contributed by atoms with E-state index < -0.39 is 0 Å². The summed E-state index contributed by atoms with van der Waals surface area (Å²) in [5, 5.41) is 10.9. The molecule has 0 bridgehead atoms. The molecular weight excluding hydrogens is 334 g/mol. The average Bonchev–Trinajstić information content (AvgIpc) is 3.08. The first-order valence-electron chi connectivity index (χ1n) is 7.12. The second-order valence-corrected chi connectivity index (χ2v) is 5.50. The number of nitrogens with zero attached hydrogens (tertiary/aromatic N) is 2. The fraction of sp³-hybridized carbons (Fsp3) is 0.400. The zero-order chi connectivity index (χ0) is 17.4. The number of hydrogen-bond acceptors (Lipinski definition) is 8. The standard InChI is InChI=1S/C15H19N3O5S/c1-20-7-6-16-13(19)9-24-15-18-17-14(23-15)10-4-5-11(21-2)12(8-10)22-3/h4-5,8H,6-7,9H2,1-3H3,(H,16,19). The minimum atomic E-state index is -0.122. The van der Waals surface area contributed by atoms with Crippen molar-refractivity contribution in [1.82, 2.24) is 15.5 Å². The van der Waals surface area contributed by atoms with Crippen molar-refractivity contribution in [2.45, 2.75) is 5.22 Å². The lowest BCUT2D eigenvalue weighted by atomic mass is 10.2. The van der Waals surface area contributed by atoms with Crippen molar-refractivity contribution in [3.8, 4) is 23.0 Å². The zero-order valence-electron chi connectivity index (χ0n) is 13.7. The van der Waals surface area contributed by atoms with Crippen molar-refractivity contribution in [2.24, 2.45) is 0 Å². The third-order valence-electron chi connectivity index (χ3n) is 2.99. The molecule has 1 heterocycles. The van der Waals surface area contributed by atoms with Gasteiger partial charge in [0.1, 0.15) is 0 Å². The predicted octanol–water partition coefficient (Wildman–Crippen LogP) is 1.61. The van der Waals surface area contributed by atoms with Gasteiger partial charge in [0.25, 0.3) is 5.22 Å². The molecule has 1 aromatic heterocycles. The molecule has 0 saturated heterocycles. The number of nitrogens with one attached hydrogen (secondary N) is 1. The topological polar surface area (TPSA) is 95.7 Å². The summed E-state index contributed by atoms with van der Waals surface area (Å²) >= 11 is 1.17. The van der Waals surface area contributed by atoms with E-state index in [9.17, 15) is 4.79 Å². The van der Waals surface area contributed by atoms with Gasteiger partial charge in [0.2, 0.25) is 11.8 Å². The van der Waals surface area contributed by atoms with Crippen LogP contribution in [0.5, 0.6) is 11.5 Å². The fourth-order valence-corrected chi connectivity index (χ4v) is 2.42. The summed E-state index contributed by atoms with van der Waals surface area (Å²) in [4.78, 5) is 11.6. The van der Waals surface area contributed by atoms with Gasteiger partial charge < -0.3 is 23.9 Å². The van der Waals surface area contributed by atoms with Crippen molar-refractivity contribution in [3.05, 3.63) is 18.2 Å². The van der Waals surface area contributed by atoms with E-state index in [0.29, 0.717) is 41.3 Å². The van der Waals surface area contributed by atoms with E-state index >= 15 is 0 Å². The molecule has 24 heavy (non-hydrogen) atoms. The van der Waals surface area contributed by atoms with E-state index in [1.165, 1.54) is 11.8 Å². The second kappa shape index (κ2) is 9.14. The van der Waals surface area contributed by atoms with Crippen LogP contribution in [-0.4, -0.2) is 56.3 Å². The van der Waals surface area contributed by atoms with Gasteiger partial charge in [0, 0.05) is 19.2 Å². The summed E-state index contributed by atoms with van der Waals surface area (Å²) in [5.41, 5.74) is 0.705. The van der Waals surface area contributed by atoms with Crippen molar-refractivity contribution in [3.63, 3.8) is 0 Å². The SMILES string of the molecule is COCCNC(=O)CSc1nnc(-c2ccc(OC)c(OC)c2)o1. The molecule has 2 aromatic rings. The predicted molar refractivity (Wildman–Crippen MR) is 88.4 cm³/mol. The molecule has 0 unspecified atom stereocenters. The van der Waals surface area contributed by atoms with Crippen LogP contribution in [0.3, 0.4) is 0 Å². The van der Waals surface area contributed by atoms with E-state index in [2.05, 4.69) is 15.5 Å². The number of aromatic nitrogens is 2. The van der Waals surface area contributed by atoms with Crippen LogP contribution in [0.1, 0.15) is 0 Å². The van der Waals surface area contributed by atoms with Crippen LogP contribution in [0.15, 0.2) is 27.8 Å². The Kier molecular flexibility index (Phi) is 6.89. The molecule has 2 rings (SSSR count). The molecule has 0 aliphatic carbocycles. The summed E-state index contributed by atoms with van der Waals surface area (Å²) in [7, 11) is 4.70. The molecule has 1 N–H and O–H groups in total. The summed E-state index contributed by atoms with van der Waals surface area (Å²) in [5.74, 6) is 1.60. The van der Waals surface area contributed by atoms with Gasteiger partial charge in [0.05, 0.1) is 26.6 Å². The molecule has 0 spiro atoms. The first-order valence-corrected chi connectivity index (χ1v) is 8.10.